The summed E-state index contributed by atoms with van der Waals surface area (Å²) >= 11 is 0. The number of nitrogen functional groups attached to an aromatic ring is 1. The van der Waals surface area contributed by atoms with Crippen molar-refractivity contribution in [3.05, 3.63) is 0 Å². The fraction of sp³-hybridized carbons (Fsp3) is 0.833. The Morgan fingerprint density at radius 3 is 1.33 bits per heavy atom. The Morgan fingerprint density at radius 2 is 0.949 bits per heavy atom. The van der Waals surface area contributed by atoms with Gasteiger partial charge in [-0.25, -0.2) is 0 Å². The smallest absolute Gasteiger partial charge is 0.234 e. The summed E-state index contributed by atoms with van der Waals surface area (Å²) in [5.74, 6) is -0.296. The molecule has 0 aliphatic heterocycles. The predicted octanol–water partition coefficient (Wildman–Crippen LogP) is -5.01. The number of nitrogens with one attached hydrogen (secondary N) is 1. The van der Waals surface area contributed by atoms with Crippen LogP contribution in [0, 0.1) is 0 Å². The van der Waals surface area contributed by atoms with E-state index < -0.39 is 0 Å². The van der Waals surface area contributed by atoms with Crippen molar-refractivity contribution in [3.8, 4) is 0 Å². The first-order valence-corrected chi connectivity index (χ1v) is 11.8. The number of aliphatic hydroxyl groups excluding tert-OH is 6. The fourth-order valence-corrected chi connectivity index (χ4v) is 2.41. The number of nitrogens with zero attached hydrogens (tertiary/aromatic N) is 7. The second-order valence-corrected chi connectivity index (χ2v) is 6.81. The zero-order chi connectivity index (χ0) is 28.7. The minimum absolute atomic E-state index is 0.0362. The Bertz CT molecular complexity index is 686. The molecule has 1 rings (SSSR count). The molecule has 0 fully saturated rings. The van der Waals surface area contributed by atoms with Crippen LogP contribution in [0.2, 0.25) is 0 Å². The highest BCUT2D eigenvalue weighted by Crippen LogP contribution is 2.15. The summed E-state index contributed by atoms with van der Waals surface area (Å²) in [6.45, 7) is -3.28. The van der Waals surface area contributed by atoms with Crippen LogP contribution >= 0.6 is 0 Å². The molecule has 0 amide bonds. The van der Waals surface area contributed by atoms with Gasteiger partial charge in [0.1, 0.15) is 20.0 Å². The van der Waals surface area contributed by atoms with Crippen LogP contribution in [-0.4, -0.2) is 161 Å². The van der Waals surface area contributed by atoms with E-state index in [0.29, 0.717) is 0 Å². The van der Waals surface area contributed by atoms with Crippen LogP contribution in [0.25, 0.3) is 0 Å². The molecule has 0 aliphatic carbocycles. The van der Waals surface area contributed by atoms with Gasteiger partial charge in [0.25, 0.3) is 0 Å². The standard InChI is InChI=1S/C18H39N9O12/c19-16-21-17(20-13-25(34-7-1-28)35-8-2-29)23-18(22-16)24(14-26(36-9-3-30)37-10-4-31)15-27(38-11-5-32)39-12-6-33/h28-33H,1-15H2,(H3,19,20,21,22,23). The van der Waals surface area contributed by atoms with Crippen molar-refractivity contribution in [1.29, 1.82) is 0 Å². The van der Waals surface area contributed by atoms with Crippen LogP contribution in [0.5, 0.6) is 0 Å². The summed E-state index contributed by atoms with van der Waals surface area (Å²) < 4.78 is 0. The third kappa shape index (κ3) is 15.9. The van der Waals surface area contributed by atoms with Crippen LogP contribution in [-0.2, 0) is 29.0 Å². The molecule has 21 heteroatoms. The topological polar surface area (TPSA) is 266 Å². The maximum atomic E-state index is 9.14. The molecule has 21 nitrogen and oxygen atoms in total. The minimum Gasteiger partial charge on any atom is -0.394 e. The molecule has 0 aliphatic rings. The van der Waals surface area contributed by atoms with Gasteiger partial charge in [0.15, 0.2) is 0 Å². The molecule has 0 unspecified atom stereocenters. The van der Waals surface area contributed by atoms with Gasteiger partial charge in [0, 0.05) is 0 Å². The third-order valence-corrected chi connectivity index (χ3v) is 3.82. The number of anilines is 3. The van der Waals surface area contributed by atoms with Gasteiger partial charge in [-0.15, -0.1) is 0 Å². The average molecular weight is 574 g/mol. The summed E-state index contributed by atoms with van der Waals surface area (Å²) in [6, 6.07) is 0. The zero-order valence-electron chi connectivity index (χ0n) is 21.4. The van der Waals surface area contributed by atoms with Crippen molar-refractivity contribution in [1.82, 2.24) is 30.6 Å². The lowest BCUT2D eigenvalue weighted by Crippen LogP contribution is -2.46. The van der Waals surface area contributed by atoms with E-state index in [2.05, 4.69) is 20.3 Å². The van der Waals surface area contributed by atoms with E-state index in [1.165, 1.54) is 4.90 Å². The van der Waals surface area contributed by atoms with Gasteiger partial charge in [-0.1, -0.05) is 0 Å². The average Bonchev–Trinajstić information content (AvgIpc) is 2.94. The van der Waals surface area contributed by atoms with Crippen molar-refractivity contribution in [2.45, 2.75) is 0 Å². The molecule has 1 aromatic rings. The van der Waals surface area contributed by atoms with E-state index in [1.54, 1.807) is 0 Å². The van der Waals surface area contributed by atoms with E-state index in [9.17, 15) is 0 Å². The Labute approximate surface area is 224 Å². The number of nitrogens with two attached hydrogens (primary N) is 1. The zero-order valence-corrected chi connectivity index (χ0v) is 21.4. The van der Waals surface area contributed by atoms with E-state index in [-0.39, 0.29) is 117 Å². The fourth-order valence-electron chi connectivity index (χ4n) is 2.41. The number of aromatic nitrogens is 3. The SMILES string of the molecule is Nc1nc(NCN(OCCO)OCCO)nc(N(CN(OCCO)OCCO)CN(OCCO)OCCO)n1. The molecule has 0 radical (unpaired) electrons. The highest BCUT2D eigenvalue weighted by atomic mass is 17.0. The van der Waals surface area contributed by atoms with Gasteiger partial charge < -0.3 is 46.6 Å². The largest absolute Gasteiger partial charge is 0.394 e. The van der Waals surface area contributed by atoms with Crippen molar-refractivity contribution < 1.29 is 59.7 Å². The first-order valence-electron chi connectivity index (χ1n) is 11.8. The van der Waals surface area contributed by atoms with Gasteiger partial charge >= 0.3 is 0 Å². The molecule has 1 heterocycles. The number of hydrogen-bond donors (Lipinski definition) is 8. The second kappa shape index (κ2) is 22.6. The van der Waals surface area contributed by atoms with E-state index in [4.69, 9.17) is 65.4 Å². The molecule has 0 bridgehead atoms. The highest BCUT2D eigenvalue weighted by Gasteiger charge is 2.22. The lowest BCUT2D eigenvalue weighted by molar-refractivity contribution is -0.384. The van der Waals surface area contributed by atoms with Crippen molar-refractivity contribution in [2.75, 3.05) is 115 Å². The van der Waals surface area contributed by atoms with Crippen molar-refractivity contribution >= 4 is 17.8 Å². The molecular formula is C18H39N9O12. The molecule has 39 heavy (non-hydrogen) atoms. The first-order chi connectivity index (χ1) is 19.0. The number of aliphatic hydroxyl groups is 6. The summed E-state index contributed by atoms with van der Waals surface area (Å²) in [5.41, 5.74) is 5.89. The van der Waals surface area contributed by atoms with Crippen LogP contribution in [0.3, 0.4) is 0 Å². The lowest BCUT2D eigenvalue weighted by atomic mass is 10.7. The highest BCUT2D eigenvalue weighted by molar-refractivity contribution is 5.41. The third-order valence-electron chi connectivity index (χ3n) is 3.82. The number of hydrogen-bond acceptors (Lipinski definition) is 21. The predicted molar refractivity (Wildman–Crippen MR) is 129 cm³/mol. The number of hydroxylamine groups is 6. The summed E-state index contributed by atoms with van der Waals surface area (Å²) in [6.07, 6.45) is 0. The Morgan fingerprint density at radius 1 is 0.564 bits per heavy atom. The molecule has 0 atom stereocenters. The van der Waals surface area contributed by atoms with Crippen LogP contribution < -0.4 is 16.0 Å². The molecule has 228 valence electrons. The molecule has 1 aromatic heterocycles. The van der Waals surface area contributed by atoms with Gasteiger partial charge in [-0.05, 0) is 15.7 Å². The molecular weight excluding hydrogens is 534 g/mol. The summed E-state index contributed by atoms with van der Waals surface area (Å²) in [5, 5.41) is 60.2. The van der Waals surface area contributed by atoms with E-state index in [0.717, 1.165) is 15.7 Å². The summed E-state index contributed by atoms with van der Waals surface area (Å²) in [7, 11) is 0. The molecule has 9 N–H and O–H groups in total. The second-order valence-electron chi connectivity index (χ2n) is 6.81. The van der Waals surface area contributed by atoms with Gasteiger partial charge in [0.05, 0.1) is 79.3 Å². The van der Waals surface area contributed by atoms with Crippen LogP contribution in [0.1, 0.15) is 0 Å². The van der Waals surface area contributed by atoms with Crippen LogP contribution in [0.15, 0.2) is 0 Å². The monoisotopic (exact) mass is 573 g/mol. The van der Waals surface area contributed by atoms with Gasteiger partial charge in [0.2, 0.25) is 17.8 Å². The van der Waals surface area contributed by atoms with E-state index in [1.807, 2.05) is 0 Å². The van der Waals surface area contributed by atoms with Gasteiger partial charge in [-0.3, -0.25) is 29.0 Å². The normalized spacial score (nSPS) is 11.7. The molecule has 0 aromatic carbocycles. The quantitative estimate of drug-likeness (QED) is 0.0380. The lowest BCUT2D eigenvalue weighted by Gasteiger charge is -2.32. The maximum Gasteiger partial charge on any atom is 0.234 e. The van der Waals surface area contributed by atoms with Gasteiger partial charge in [-0.2, -0.15) is 15.0 Å². The summed E-state index contributed by atoms with van der Waals surface area (Å²) in [4.78, 5) is 45.5. The van der Waals surface area contributed by atoms with Crippen molar-refractivity contribution in [2.24, 2.45) is 0 Å². The van der Waals surface area contributed by atoms with E-state index >= 15 is 0 Å². The Balaban J connectivity index is 3.19. The molecule has 0 saturated carbocycles. The molecule has 0 spiro atoms. The first kappa shape index (κ1) is 34.8. The molecule has 0 saturated heterocycles. The Hall–Kier alpha value is -2.19. The number of rotatable bonds is 26. The minimum atomic E-state index is -0.329. The van der Waals surface area contributed by atoms with Crippen molar-refractivity contribution in [3.63, 3.8) is 0 Å². The maximum absolute atomic E-state index is 9.14. The van der Waals surface area contributed by atoms with Crippen LogP contribution in [0.4, 0.5) is 17.8 Å². The Kier molecular flexibility index (Phi) is 20.2.